The Kier molecular flexibility index (Phi) is 6.73. The number of aliphatic hydroxyl groups excluding tert-OH is 1. The number of pyridine rings is 1. The van der Waals surface area contributed by atoms with E-state index in [0.717, 1.165) is 42.0 Å². The van der Waals surface area contributed by atoms with Crippen molar-refractivity contribution < 1.29 is 19.0 Å². The smallest absolute Gasteiger partial charge is 0.201 e. The number of allylic oxidation sites excluding steroid dienone is 1. The minimum absolute atomic E-state index is 0.00271. The highest BCUT2D eigenvalue weighted by atomic mass is 19.2. The average molecular weight is 395 g/mol. The van der Waals surface area contributed by atoms with Gasteiger partial charge in [-0.1, -0.05) is 42.5 Å². The van der Waals surface area contributed by atoms with Crippen molar-refractivity contribution in [3.63, 3.8) is 0 Å². The molecule has 3 aromatic rings. The van der Waals surface area contributed by atoms with Gasteiger partial charge in [0.2, 0.25) is 5.82 Å². The topological polar surface area (TPSA) is 53.4 Å². The number of aliphatic hydroxyl groups is 1. The maximum absolute atomic E-state index is 14.0. The number of unbranched alkanes of at least 4 members (excludes halogenated alkanes) is 1. The summed E-state index contributed by atoms with van der Waals surface area (Å²) in [6.07, 6.45) is 8.18. The van der Waals surface area contributed by atoms with Gasteiger partial charge >= 0.3 is 0 Å². The molecule has 0 saturated heterocycles. The van der Waals surface area contributed by atoms with Crippen molar-refractivity contribution in [2.24, 2.45) is 0 Å². The molecule has 3 nitrogen and oxygen atoms in total. The summed E-state index contributed by atoms with van der Waals surface area (Å²) in [5.74, 6) is -3.11. The Balaban J connectivity index is 1.69. The normalized spacial score (nSPS) is 12.4. The first kappa shape index (κ1) is 20.7. The van der Waals surface area contributed by atoms with Gasteiger partial charge in [0.25, 0.3) is 0 Å². The standard InChI is InChI=1S/C24H23F2NO2/c1-16(28)5-3-2-4-6-17-7-9-18(10-8-17)19-11-13-21(27-15-19)20-12-14-22(29)24(26)23(20)25/h4,6-16,28-29H,2-3,5H2,1H3. The van der Waals surface area contributed by atoms with Crippen LogP contribution in [0.3, 0.4) is 0 Å². The summed E-state index contributed by atoms with van der Waals surface area (Å²) in [7, 11) is 0. The van der Waals surface area contributed by atoms with E-state index in [0.29, 0.717) is 5.69 Å². The molecule has 0 saturated carbocycles. The highest BCUT2D eigenvalue weighted by molar-refractivity contribution is 5.68. The molecule has 0 aliphatic carbocycles. The molecular weight excluding hydrogens is 372 g/mol. The summed E-state index contributed by atoms with van der Waals surface area (Å²) >= 11 is 0. The lowest BCUT2D eigenvalue weighted by Gasteiger charge is -2.07. The first-order chi connectivity index (χ1) is 14.0. The Morgan fingerprint density at radius 1 is 0.966 bits per heavy atom. The third-order valence-corrected chi connectivity index (χ3v) is 4.65. The van der Waals surface area contributed by atoms with E-state index in [1.807, 2.05) is 24.3 Å². The van der Waals surface area contributed by atoms with Gasteiger partial charge < -0.3 is 10.2 Å². The molecule has 0 fully saturated rings. The van der Waals surface area contributed by atoms with E-state index in [4.69, 9.17) is 0 Å². The van der Waals surface area contributed by atoms with Crippen molar-refractivity contribution in [3.05, 3.63) is 78.0 Å². The molecule has 0 bridgehead atoms. The summed E-state index contributed by atoms with van der Waals surface area (Å²) in [6.45, 7) is 1.79. The molecule has 150 valence electrons. The summed E-state index contributed by atoms with van der Waals surface area (Å²) in [4.78, 5) is 4.24. The lowest BCUT2D eigenvalue weighted by Crippen LogP contribution is -1.97. The van der Waals surface area contributed by atoms with Crippen LogP contribution in [-0.2, 0) is 0 Å². The summed E-state index contributed by atoms with van der Waals surface area (Å²) in [5.41, 5.74) is 3.20. The third kappa shape index (κ3) is 5.27. The molecule has 0 radical (unpaired) electrons. The Hall–Kier alpha value is -3.05. The van der Waals surface area contributed by atoms with E-state index in [1.165, 1.54) is 6.07 Å². The van der Waals surface area contributed by atoms with Crippen LogP contribution in [0.4, 0.5) is 8.78 Å². The van der Waals surface area contributed by atoms with Crippen LogP contribution in [0.25, 0.3) is 28.5 Å². The minimum atomic E-state index is -1.28. The summed E-state index contributed by atoms with van der Waals surface area (Å²) in [6, 6.07) is 13.8. The zero-order chi connectivity index (χ0) is 20.8. The Labute approximate surface area is 169 Å². The predicted molar refractivity (Wildman–Crippen MR) is 111 cm³/mol. The monoisotopic (exact) mass is 395 g/mol. The van der Waals surface area contributed by atoms with Gasteiger partial charge in [-0.25, -0.2) is 4.39 Å². The number of phenolic OH excluding ortho intramolecular Hbond substituents is 1. The van der Waals surface area contributed by atoms with Crippen molar-refractivity contribution in [1.82, 2.24) is 4.98 Å². The first-order valence-electron chi connectivity index (χ1n) is 9.54. The molecule has 1 unspecified atom stereocenters. The van der Waals surface area contributed by atoms with E-state index in [2.05, 4.69) is 17.1 Å². The van der Waals surface area contributed by atoms with Crippen LogP contribution in [0, 0.1) is 11.6 Å². The molecule has 29 heavy (non-hydrogen) atoms. The van der Waals surface area contributed by atoms with Gasteiger partial charge in [-0.3, -0.25) is 4.98 Å². The van der Waals surface area contributed by atoms with Gasteiger partial charge in [0.15, 0.2) is 11.6 Å². The van der Waals surface area contributed by atoms with Crippen LogP contribution >= 0.6 is 0 Å². The fourth-order valence-corrected chi connectivity index (χ4v) is 3.00. The number of halogens is 2. The fraction of sp³-hybridized carbons (Fsp3) is 0.208. The largest absolute Gasteiger partial charge is 0.505 e. The zero-order valence-corrected chi connectivity index (χ0v) is 16.1. The van der Waals surface area contributed by atoms with Crippen LogP contribution < -0.4 is 0 Å². The van der Waals surface area contributed by atoms with Crippen molar-refractivity contribution >= 4 is 6.08 Å². The summed E-state index contributed by atoms with van der Waals surface area (Å²) in [5, 5.41) is 18.5. The van der Waals surface area contributed by atoms with Crippen LogP contribution in [0.15, 0.2) is 60.8 Å². The lowest BCUT2D eigenvalue weighted by atomic mass is 10.0. The van der Waals surface area contributed by atoms with E-state index in [9.17, 15) is 19.0 Å². The Bertz CT molecular complexity index is 981. The van der Waals surface area contributed by atoms with E-state index in [1.54, 1.807) is 25.3 Å². The number of phenols is 1. The Morgan fingerprint density at radius 2 is 1.69 bits per heavy atom. The molecule has 0 aliphatic rings. The van der Waals surface area contributed by atoms with Crippen molar-refractivity contribution in [1.29, 1.82) is 0 Å². The van der Waals surface area contributed by atoms with Crippen LogP contribution in [0.1, 0.15) is 31.7 Å². The molecule has 0 aliphatic heterocycles. The van der Waals surface area contributed by atoms with Gasteiger partial charge in [0.05, 0.1) is 11.8 Å². The van der Waals surface area contributed by atoms with Crippen LogP contribution in [0.5, 0.6) is 5.75 Å². The zero-order valence-electron chi connectivity index (χ0n) is 16.1. The van der Waals surface area contributed by atoms with Crippen LogP contribution in [0.2, 0.25) is 0 Å². The minimum Gasteiger partial charge on any atom is -0.505 e. The average Bonchev–Trinajstić information content (AvgIpc) is 2.72. The van der Waals surface area contributed by atoms with Gasteiger partial charge in [-0.2, -0.15) is 4.39 Å². The first-order valence-corrected chi connectivity index (χ1v) is 9.54. The molecule has 2 N–H and O–H groups in total. The van der Waals surface area contributed by atoms with E-state index < -0.39 is 17.4 Å². The maximum atomic E-state index is 14.0. The van der Waals surface area contributed by atoms with Gasteiger partial charge in [0, 0.05) is 17.3 Å². The third-order valence-electron chi connectivity index (χ3n) is 4.65. The molecule has 3 rings (SSSR count). The molecule has 2 aromatic carbocycles. The second-order valence-electron chi connectivity index (χ2n) is 7.00. The van der Waals surface area contributed by atoms with Gasteiger partial charge in [-0.05, 0) is 55.5 Å². The number of rotatable bonds is 7. The molecule has 1 atom stereocenters. The number of aromatic nitrogens is 1. The molecule has 1 aromatic heterocycles. The van der Waals surface area contributed by atoms with Crippen molar-refractivity contribution in [3.8, 4) is 28.1 Å². The van der Waals surface area contributed by atoms with Crippen molar-refractivity contribution in [2.45, 2.75) is 32.3 Å². The molecular formula is C24H23F2NO2. The van der Waals surface area contributed by atoms with E-state index in [-0.39, 0.29) is 11.7 Å². The SMILES string of the molecule is CC(O)CCCC=Cc1ccc(-c2ccc(-c3ccc(O)c(F)c3F)nc2)cc1. The highest BCUT2D eigenvalue weighted by Gasteiger charge is 2.15. The number of hydrogen-bond acceptors (Lipinski definition) is 3. The molecule has 5 heteroatoms. The highest BCUT2D eigenvalue weighted by Crippen LogP contribution is 2.29. The fourth-order valence-electron chi connectivity index (χ4n) is 3.00. The molecule has 0 amide bonds. The Morgan fingerprint density at radius 3 is 2.34 bits per heavy atom. The van der Waals surface area contributed by atoms with Crippen LogP contribution in [-0.4, -0.2) is 21.3 Å². The molecule has 1 heterocycles. The number of benzene rings is 2. The van der Waals surface area contributed by atoms with Gasteiger partial charge in [0.1, 0.15) is 0 Å². The number of aromatic hydroxyl groups is 1. The lowest BCUT2D eigenvalue weighted by molar-refractivity contribution is 0.182. The van der Waals surface area contributed by atoms with Crippen molar-refractivity contribution in [2.75, 3.05) is 0 Å². The van der Waals surface area contributed by atoms with E-state index >= 15 is 0 Å². The number of nitrogens with zero attached hydrogens (tertiary/aromatic N) is 1. The number of hydrogen-bond donors (Lipinski definition) is 2. The second kappa shape index (κ2) is 9.43. The molecule has 0 spiro atoms. The quantitative estimate of drug-likeness (QED) is 0.485. The summed E-state index contributed by atoms with van der Waals surface area (Å²) < 4.78 is 27.6. The van der Waals surface area contributed by atoms with Gasteiger partial charge in [-0.15, -0.1) is 0 Å². The maximum Gasteiger partial charge on any atom is 0.201 e. The second-order valence-corrected chi connectivity index (χ2v) is 7.00. The predicted octanol–water partition coefficient (Wildman–Crippen LogP) is 5.96.